The number of hydrogen-bond acceptors (Lipinski definition) is 2. The lowest BCUT2D eigenvalue weighted by Gasteiger charge is -2.18. The minimum Gasteiger partial charge on any atom is -0.490 e. The van der Waals surface area contributed by atoms with E-state index >= 15 is 0 Å². The summed E-state index contributed by atoms with van der Waals surface area (Å²) in [5.74, 6) is 0.821. The van der Waals surface area contributed by atoms with Crippen LogP contribution in [-0.4, -0.2) is 13.2 Å². The number of aryl methyl sites for hydroxylation is 1. The molecule has 0 bridgehead atoms. The van der Waals surface area contributed by atoms with E-state index in [0.717, 1.165) is 17.7 Å². The Kier molecular flexibility index (Phi) is 3.68. The molecule has 2 aromatic rings. The van der Waals surface area contributed by atoms with Crippen LogP contribution in [-0.2, 0) is 6.42 Å². The Labute approximate surface area is 125 Å². The second kappa shape index (κ2) is 5.49. The van der Waals surface area contributed by atoms with Crippen LogP contribution < -0.4 is 10.1 Å². The van der Waals surface area contributed by atoms with Gasteiger partial charge in [-0.15, -0.1) is 0 Å². The lowest BCUT2D eigenvalue weighted by Crippen LogP contribution is -2.18. The van der Waals surface area contributed by atoms with Crippen LogP contribution >= 0.6 is 0 Å². The van der Waals surface area contributed by atoms with Crippen molar-refractivity contribution in [3.05, 3.63) is 64.5 Å². The average molecular weight is 285 g/mol. The first-order valence-electron chi connectivity index (χ1n) is 7.31. The molecule has 21 heavy (non-hydrogen) atoms. The van der Waals surface area contributed by atoms with Crippen LogP contribution in [0.4, 0.5) is 4.39 Å². The summed E-state index contributed by atoms with van der Waals surface area (Å²) in [6.07, 6.45) is 1.19. The zero-order valence-electron chi connectivity index (χ0n) is 12.6. The molecule has 2 atom stereocenters. The molecule has 110 valence electrons. The third-order valence-corrected chi connectivity index (χ3v) is 4.06. The highest BCUT2D eigenvalue weighted by molar-refractivity contribution is 5.44. The Hall–Kier alpha value is -1.87. The van der Waals surface area contributed by atoms with Crippen LogP contribution in [0.25, 0.3) is 0 Å². The highest BCUT2D eigenvalue weighted by atomic mass is 19.1. The smallest absolute Gasteiger partial charge is 0.126 e. The van der Waals surface area contributed by atoms with Crippen molar-refractivity contribution in [2.45, 2.75) is 32.4 Å². The first kappa shape index (κ1) is 14.1. The van der Waals surface area contributed by atoms with Gasteiger partial charge >= 0.3 is 0 Å². The van der Waals surface area contributed by atoms with E-state index in [9.17, 15) is 4.39 Å². The van der Waals surface area contributed by atoms with Crippen LogP contribution in [0, 0.1) is 12.7 Å². The van der Waals surface area contributed by atoms with Crippen molar-refractivity contribution in [3.63, 3.8) is 0 Å². The molecule has 1 heterocycles. The highest BCUT2D eigenvalue weighted by Gasteiger charge is 2.21. The van der Waals surface area contributed by atoms with Crippen LogP contribution in [0.5, 0.6) is 5.75 Å². The summed E-state index contributed by atoms with van der Waals surface area (Å²) in [5.41, 5.74) is 4.17. The molecule has 1 aliphatic heterocycles. The SMILES string of the molecule is CNC(c1ccc(F)c(C)c1)c1ccc2c(c1)CC(C)O2. The maximum absolute atomic E-state index is 13.5. The quantitative estimate of drug-likeness (QED) is 0.927. The molecule has 0 fully saturated rings. The molecule has 2 nitrogen and oxygen atoms in total. The predicted molar refractivity (Wildman–Crippen MR) is 82.3 cm³/mol. The van der Waals surface area contributed by atoms with Gasteiger partial charge in [0.1, 0.15) is 17.7 Å². The summed E-state index contributed by atoms with van der Waals surface area (Å²) in [7, 11) is 1.93. The van der Waals surface area contributed by atoms with E-state index in [2.05, 4.69) is 24.4 Å². The topological polar surface area (TPSA) is 21.3 Å². The van der Waals surface area contributed by atoms with Crippen molar-refractivity contribution in [3.8, 4) is 5.75 Å². The van der Waals surface area contributed by atoms with Gasteiger partial charge in [-0.05, 0) is 55.3 Å². The summed E-state index contributed by atoms with van der Waals surface area (Å²) in [5, 5.41) is 3.32. The molecule has 3 rings (SSSR count). The van der Waals surface area contributed by atoms with E-state index < -0.39 is 0 Å². The Morgan fingerprint density at radius 3 is 2.62 bits per heavy atom. The fourth-order valence-corrected chi connectivity index (χ4v) is 2.99. The first-order valence-corrected chi connectivity index (χ1v) is 7.31. The van der Waals surface area contributed by atoms with Crippen LogP contribution in [0.3, 0.4) is 0 Å². The van der Waals surface area contributed by atoms with Crippen molar-refractivity contribution in [2.75, 3.05) is 7.05 Å². The largest absolute Gasteiger partial charge is 0.490 e. The number of benzene rings is 2. The minimum absolute atomic E-state index is 0.0607. The third kappa shape index (κ3) is 2.66. The number of fused-ring (bicyclic) bond motifs is 1. The first-order chi connectivity index (χ1) is 10.1. The van der Waals surface area contributed by atoms with E-state index in [1.165, 1.54) is 17.2 Å². The molecule has 2 aromatic carbocycles. The van der Waals surface area contributed by atoms with Gasteiger partial charge in [0, 0.05) is 6.42 Å². The van der Waals surface area contributed by atoms with Gasteiger partial charge in [0.2, 0.25) is 0 Å². The zero-order valence-corrected chi connectivity index (χ0v) is 12.6. The monoisotopic (exact) mass is 285 g/mol. The highest BCUT2D eigenvalue weighted by Crippen LogP contribution is 2.33. The Balaban J connectivity index is 1.97. The van der Waals surface area contributed by atoms with Gasteiger partial charge in [0.15, 0.2) is 0 Å². The van der Waals surface area contributed by atoms with Crippen molar-refractivity contribution in [2.24, 2.45) is 0 Å². The summed E-state index contributed by atoms with van der Waals surface area (Å²) in [6, 6.07) is 11.7. The summed E-state index contributed by atoms with van der Waals surface area (Å²) in [6.45, 7) is 3.88. The molecule has 3 heteroatoms. The van der Waals surface area contributed by atoms with Gasteiger partial charge < -0.3 is 10.1 Å². The second-order valence-corrected chi connectivity index (χ2v) is 5.73. The molecule has 0 aromatic heterocycles. The predicted octanol–water partition coefficient (Wildman–Crippen LogP) is 3.77. The summed E-state index contributed by atoms with van der Waals surface area (Å²) in [4.78, 5) is 0. The maximum Gasteiger partial charge on any atom is 0.126 e. The fraction of sp³-hybridized carbons (Fsp3) is 0.333. The summed E-state index contributed by atoms with van der Waals surface area (Å²) >= 11 is 0. The Bertz CT molecular complexity index is 668. The fourth-order valence-electron chi connectivity index (χ4n) is 2.99. The van der Waals surface area contributed by atoms with E-state index in [1.807, 2.05) is 25.2 Å². The number of rotatable bonds is 3. The minimum atomic E-state index is -0.162. The molecule has 0 amide bonds. The molecule has 0 saturated carbocycles. The molecule has 0 radical (unpaired) electrons. The maximum atomic E-state index is 13.5. The molecule has 2 unspecified atom stereocenters. The Morgan fingerprint density at radius 1 is 1.19 bits per heavy atom. The van der Waals surface area contributed by atoms with E-state index in [1.54, 1.807) is 6.92 Å². The molecular weight excluding hydrogens is 265 g/mol. The molecule has 0 spiro atoms. The molecule has 0 saturated heterocycles. The van der Waals surface area contributed by atoms with Crippen LogP contribution in [0.1, 0.15) is 35.2 Å². The van der Waals surface area contributed by atoms with Crippen molar-refractivity contribution < 1.29 is 9.13 Å². The lowest BCUT2D eigenvalue weighted by molar-refractivity contribution is 0.254. The van der Waals surface area contributed by atoms with Gasteiger partial charge in [-0.2, -0.15) is 0 Å². The van der Waals surface area contributed by atoms with Crippen LogP contribution in [0.2, 0.25) is 0 Å². The molecular formula is C18H20FNO. The molecule has 1 aliphatic rings. The number of hydrogen-bond donors (Lipinski definition) is 1. The average Bonchev–Trinajstić information content (AvgIpc) is 2.83. The molecule has 1 N–H and O–H groups in total. The Morgan fingerprint density at radius 2 is 1.90 bits per heavy atom. The van der Waals surface area contributed by atoms with E-state index in [-0.39, 0.29) is 18.0 Å². The van der Waals surface area contributed by atoms with Crippen molar-refractivity contribution in [1.29, 1.82) is 0 Å². The van der Waals surface area contributed by atoms with Gasteiger partial charge in [-0.25, -0.2) is 4.39 Å². The van der Waals surface area contributed by atoms with Crippen molar-refractivity contribution >= 4 is 0 Å². The van der Waals surface area contributed by atoms with Gasteiger partial charge in [0.25, 0.3) is 0 Å². The lowest BCUT2D eigenvalue weighted by atomic mass is 9.95. The normalized spacial score (nSPS) is 18.2. The standard InChI is InChI=1S/C18H20FNO/c1-11-8-13(4-6-16(11)19)18(20-3)14-5-7-17-15(10-14)9-12(2)21-17/h4-8,10,12,18,20H,9H2,1-3H3. The number of ether oxygens (including phenoxy) is 1. The van der Waals surface area contributed by atoms with Gasteiger partial charge in [0.05, 0.1) is 6.04 Å². The zero-order chi connectivity index (χ0) is 15.0. The van der Waals surface area contributed by atoms with E-state index in [4.69, 9.17) is 4.74 Å². The molecule has 0 aliphatic carbocycles. The summed E-state index contributed by atoms with van der Waals surface area (Å²) < 4.78 is 19.2. The third-order valence-electron chi connectivity index (χ3n) is 4.06. The van der Waals surface area contributed by atoms with Crippen LogP contribution in [0.15, 0.2) is 36.4 Å². The van der Waals surface area contributed by atoms with E-state index in [0.29, 0.717) is 5.56 Å². The number of nitrogens with one attached hydrogen (secondary N) is 1. The van der Waals surface area contributed by atoms with Gasteiger partial charge in [-0.1, -0.05) is 24.3 Å². The number of halogens is 1. The second-order valence-electron chi connectivity index (χ2n) is 5.73. The van der Waals surface area contributed by atoms with Crippen molar-refractivity contribution in [1.82, 2.24) is 5.32 Å². The van der Waals surface area contributed by atoms with Gasteiger partial charge in [-0.3, -0.25) is 0 Å².